The summed E-state index contributed by atoms with van der Waals surface area (Å²) in [6, 6.07) is 0. The van der Waals surface area contributed by atoms with Crippen LogP contribution in [-0.4, -0.2) is 25.3 Å². The second-order valence-corrected chi connectivity index (χ2v) is 2.20. The van der Waals surface area contributed by atoms with Gasteiger partial charge in [0.1, 0.15) is 0 Å². The Hall–Kier alpha value is -0.0205. The minimum absolute atomic E-state index is 0.157. The molecule has 0 aliphatic rings. The van der Waals surface area contributed by atoms with Crippen LogP contribution in [0.1, 0.15) is 0 Å². The monoisotopic (exact) mass is 170 g/mol. The first-order chi connectivity index (χ1) is 3.27. The van der Waals surface area contributed by atoms with Crippen LogP contribution < -0.4 is 0 Å². The quantitative estimate of drug-likeness (QED) is 0.461. The van der Waals surface area contributed by atoms with E-state index < -0.39 is 14.5 Å². The molecular formula is C3H6O3Se. The third-order valence-electron chi connectivity index (χ3n) is 0.287. The van der Waals surface area contributed by atoms with Crippen LogP contribution in [0, 0.1) is 0 Å². The molecule has 0 aromatic heterocycles. The van der Waals surface area contributed by atoms with Crippen LogP contribution in [0.25, 0.3) is 0 Å². The van der Waals surface area contributed by atoms with Gasteiger partial charge in [-0.25, -0.2) is 0 Å². The van der Waals surface area contributed by atoms with Gasteiger partial charge in [0.05, 0.1) is 0 Å². The zero-order valence-electron chi connectivity index (χ0n) is 3.66. The van der Waals surface area contributed by atoms with Crippen molar-refractivity contribution in [3.8, 4) is 0 Å². The fourth-order valence-corrected chi connectivity index (χ4v) is 0.552. The molecule has 0 spiro atoms. The first-order valence-electron chi connectivity index (χ1n) is 1.62. The van der Waals surface area contributed by atoms with Crippen molar-refractivity contribution >= 4 is 14.5 Å². The Kier molecular flexibility index (Phi) is 4.13. The molecule has 0 aliphatic heterocycles. The fraction of sp³-hybridized carbons (Fsp3) is 0.333. The van der Waals surface area contributed by atoms with Gasteiger partial charge >= 0.3 is 45.6 Å². The summed E-state index contributed by atoms with van der Waals surface area (Å²) in [5, 5.41) is 0. The maximum atomic E-state index is 9.70. The molecule has 0 saturated carbocycles. The second kappa shape index (κ2) is 4.15. The molecule has 0 amide bonds. The molecule has 0 radical (unpaired) electrons. The van der Waals surface area contributed by atoms with Crippen LogP contribution in [0.4, 0.5) is 0 Å². The van der Waals surface area contributed by atoms with E-state index in [2.05, 4.69) is 10.4 Å². The first-order valence-corrected chi connectivity index (χ1v) is 3.79. The number of hydrogen-bond acceptors (Lipinski definition) is 2. The summed E-state index contributed by atoms with van der Waals surface area (Å²) in [4.78, 5) is 0. The summed E-state index contributed by atoms with van der Waals surface area (Å²) < 4.78 is 21.9. The number of rotatable bonds is 3. The molecule has 3 nitrogen and oxygen atoms in total. The summed E-state index contributed by atoms with van der Waals surface area (Å²) in [6.45, 7) is 3.44. The van der Waals surface area contributed by atoms with Gasteiger partial charge in [0, 0.05) is 0 Å². The predicted octanol–water partition coefficient (Wildman–Crippen LogP) is -0.403. The Balaban J connectivity index is 2.97. The van der Waals surface area contributed by atoms with Gasteiger partial charge in [-0.3, -0.25) is 0 Å². The van der Waals surface area contributed by atoms with Crippen molar-refractivity contribution in [2.75, 3.05) is 6.61 Å². The summed E-state index contributed by atoms with van der Waals surface area (Å²) >= 11 is -2.90. The average molecular weight is 169 g/mol. The van der Waals surface area contributed by atoms with E-state index in [4.69, 9.17) is 4.19 Å². The van der Waals surface area contributed by atoms with E-state index >= 15 is 0 Å². The molecule has 1 unspecified atom stereocenters. The Morgan fingerprint density at radius 2 is 2.57 bits per heavy atom. The van der Waals surface area contributed by atoms with Crippen molar-refractivity contribution in [1.82, 2.24) is 0 Å². The van der Waals surface area contributed by atoms with Gasteiger partial charge in [-0.2, -0.15) is 0 Å². The van der Waals surface area contributed by atoms with Crippen LogP contribution in [0.2, 0.25) is 0 Å². The zero-order chi connectivity index (χ0) is 5.70. The number of hydrogen-bond donors (Lipinski definition) is 1. The molecule has 0 aliphatic carbocycles. The topological polar surface area (TPSA) is 46.5 Å². The molecule has 0 bridgehead atoms. The summed E-state index contributed by atoms with van der Waals surface area (Å²) in [7, 11) is 0. The van der Waals surface area contributed by atoms with Crippen molar-refractivity contribution < 1.29 is 11.8 Å². The Morgan fingerprint density at radius 3 is 2.71 bits per heavy atom. The van der Waals surface area contributed by atoms with Crippen LogP contribution in [0.5, 0.6) is 0 Å². The van der Waals surface area contributed by atoms with E-state index in [1.165, 1.54) is 6.08 Å². The van der Waals surface area contributed by atoms with Crippen molar-refractivity contribution in [2.24, 2.45) is 0 Å². The molecule has 0 saturated heterocycles. The van der Waals surface area contributed by atoms with Crippen molar-refractivity contribution in [3.05, 3.63) is 12.7 Å². The fourth-order valence-electron chi connectivity index (χ4n) is 0.106. The molecule has 0 heterocycles. The molecule has 1 atom stereocenters. The van der Waals surface area contributed by atoms with E-state index in [0.717, 1.165) is 0 Å². The van der Waals surface area contributed by atoms with Crippen LogP contribution in [-0.2, 0) is 7.65 Å². The van der Waals surface area contributed by atoms with Gasteiger partial charge in [0.2, 0.25) is 0 Å². The van der Waals surface area contributed by atoms with Gasteiger partial charge in [-0.05, 0) is 0 Å². The van der Waals surface area contributed by atoms with Crippen LogP contribution >= 0.6 is 0 Å². The van der Waals surface area contributed by atoms with Gasteiger partial charge < -0.3 is 0 Å². The third-order valence-corrected chi connectivity index (χ3v) is 0.995. The van der Waals surface area contributed by atoms with E-state index in [9.17, 15) is 3.83 Å². The van der Waals surface area contributed by atoms with Gasteiger partial charge in [-0.15, -0.1) is 0 Å². The molecule has 0 aromatic rings. The molecule has 1 N–H and O–H groups in total. The Bertz CT molecular complexity index is 80.2. The van der Waals surface area contributed by atoms with Crippen LogP contribution in [0.3, 0.4) is 0 Å². The molecule has 4 heteroatoms. The van der Waals surface area contributed by atoms with Crippen molar-refractivity contribution in [1.29, 1.82) is 0 Å². The van der Waals surface area contributed by atoms with Gasteiger partial charge in [-0.1, -0.05) is 0 Å². The first kappa shape index (κ1) is 6.98. The minimum atomic E-state index is -2.90. The van der Waals surface area contributed by atoms with Gasteiger partial charge in [0.15, 0.2) is 0 Å². The Labute approximate surface area is 46.3 Å². The molecule has 7 heavy (non-hydrogen) atoms. The molecule has 42 valence electrons. The molecule has 0 rings (SSSR count). The van der Waals surface area contributed by atoms with Crippen molar-refractivity contribution in [2.45, 2.75) is 0 Å². The zero-order valence-corrected chi connectivity index (χ0v) is 5.38. The van der Waals surface area contributed by atoms with Gasteiger partial charge in [0.25, 0.3) is 0 Å². The summed E-state index contributed by atoms with van der Waals surface area (Å²) in [5.41, 5.74) is 0. The summed E-state index contributed by atoms with van der Waals surface area (Å²) in [5.74, 6) is 0. The SMILES string of the molecule is C=CCO[Se](=O)O. The molecular weight excluding hydrogens is 163 g/mol. The van der Waals surface area contributed by atoms with E-state index in [0.29, 0.717) is 0 Å². The van der Waals surface area contributed by atoms with Crippen LogP contribution in [0.15, 0.2) is 12.7 Å². The van der Waals surface area contributed by atoms with E-state index in [1.54, 1.807) is 0 Å². The van der Waals surface area contributed by atoms with Crippen molar-refractivity contribution in [3.63, 3.8) is 0 Å². The summed E-state index contributed by atoms with van der Waals surface area (Å²) in [6.07, 6.45) is 1.42. The Morgan fingerprint density at radius 1 is 2.00 bits per heavy atom. The maximum absolute atomic E-state index is 9.70. The van der Waals surface area contributed by atoms with E-state index in [-0.39, 0.29) is 6.61 Å². The second-order valence-electron chi connectivity index (χ2n) is 0.790. The standard InChI is InChI=1S/C3H6O3Se/c1-2-3-6-7(4)5/h2H,1,3H2,(H,4,5). The molecule has 0 fully saturated rings. The average Bonchev–Trinajstić information content (AvgIpc) is 1.61. The molecule has 0 aromatic carbocycles. The third kappa shape index (κ3) is 5.98. The van der Waals surface area contributed by atoms with E-state index in [1.807, 2.05) is 0 Å². The predicted molar refractivity (Wildman–Crippen MR) is 24.8 cm³/mol. The normalized spacial score (nSPS) is 13.3.